The van der Waals surface area contributed by atoms with Gasteiger partial charge in [0.25, 0.3) is 6.47 Å². The van der Waals surface area contributed by atoms with Crippen molar-refractivity contribution in [1.29, 1.82) is 0 Å². The minimum absolute atomic E-state index is 0.0360. The number of methoxy groups -OCH3 is 1. The number of benzene rings is 4. The Morgan fingerprint density at radius 2 is 1.11 bits per heavy atom. The second kappa shape index (κ2) is 33.4. The Labute approximate surface area is 416 Å². The number of hydrogen-bond donors (Lipinski definition) is 0. The summed E-state index contributed by atoms with van der Waals surface area (Å²) >= 11 is 0. The number of rotatable bonds is 22. The van der Waals surface area contributed by atoms with E-state index in [1.165, 1.54) is 23.3 Å². The molecule has 0 saturated carbocycles. The van der Waals surface area contributed by atoms with Crippen LogP contribution in [-0.2, 0) is 69.3 Å². The molecule has 2 amide bonds. The van der Waals surface area contributed by atoms with Crippen molar-refractivity contribution in [1.82, 2.24) is 19.0 Å². The number of likely N-dealkylation sites (N-methyl/N-ethyl adjacent to an activating group) is 4. The molecule has 0 saturated heterocycles. The minimum atomic E-state index is -3.70. The Morgan fingerprint density at radius 3 is 1.56 bits per heavy atom. The summed E-state index contributed by atoms with van der Waals surface area (Å²) in [6.07, 6.45) is 2.58. The molecule has 0 aliphatic carbocycles. The van der Waals surface area contributed by atoms with E-state index < -0.39 is 10.0 Å². The predicted octanol–water partition coefficient (Wildman–Crippen LogP) is 7.16. The Balaban J connectivity index is 0.000000578. The molecule has 0 N–H and O–H groups in total. The van der Waals surface area contributed by atoms with Crippen molar-refractivity contribution >= 4 is 40.2 Å². The number of sulfonamides is 1. The Morgan fingerprint density at radius 1 is 0.643 bits per heavy atom. The molecule has 0 aliphatic heterocycles. The van der Waals surface area contributed by atoms with Crippen LogP contribution in [0.2, 0.25) is 0 Å². The fourth-order valence-electron chi connectivity index (χ4n) is 6.09. The lowest BCUT2D eigenvalue weighted by Crippen LogP contribution is -2.33. The SMILES string of the molecule is CCC.CCOC(=O)c1ccc(CC(=O)N(C)C)cc1.CCOC(=O)c1ccc(COC=O)cc1.COc1cc(C)c(S(=O)(=O)N(C)CCOCC(=O)N(C)Cc2ccc(CCN(C)C)cc2)c(C)c1. The zero-order chi connectivity index (χ0) is 52.8. The highest BCUT2D eigenvalue weighted by Gasteiger charge is 2.25. The van der Waals surface area contributed by atoms with Gasteiger partial charge in [0.15, 0.2) is 0 Å². The highest BCUT2D eigenvalue weighted by Crippen LogP contribution is 2.27. The molecule has 0 fully saturated rings. The third-order valence-electron chi connectivity index (χ3n) is 9.93. The van der Waals surface area contributed by atoms with Crippen LogP contribution in [0.5, 0.6) is 5.75 Å². The zero-order valence-electron chi connectivity index (χ0n) is 43.5. The molecule has 0 heterocycles. The van der Waals surface area contributed by atoms with Crippen molar-refractivity contribution in [3.05, 3.63) is 129 Å². The molecule has 4 aromatic carbocycles. The van der Waals surface area contributed by atoms with E-state index in [0.717, 1.165) is 29.7 Å². The van der Waals surface area contributed by atoms with Gasteiger partial charge in [-0.2, -0.15) is 4.31 Å². The van der Waals surface area contributed by atoms with Crippen LogP contribution in [-0.4, -0.2) is 147 Å². The van der Waals surface area contributed by atoms with Gasteiger partial charge in [0.05, 0.1) is 49.4 Å². The number of nitrogens with zero attached hydrogens (tertiary/aromatic N) is 4. The zero-order valence-corrected chi connectivity index (χ0v) is 44.4. The highest BCUT2D eigenvalue weighted by atomic mass is 32.2. The number of ether oxygens (including phenoxy) is 5. The first-order valence-electron chi connectivity index (χ1n) is 23.1. The van der Waals surface area contributed by atoms with Crippen LogP contribution in [0.25, 0.3) is 0 Å². The second-order valence-corrected chi connectivity index (χ2v) is 18.5. The Kier molecular flexibility index (Phi) is 29.5. The van der Waals surface area contributed by atoms with Crippen LogP contribution >= 0.6 is 0 Å². The molecular weight excluding hydrogens is 917 g/mol. The fourth-order valence-corrected chi connectivity index (χ4v) is 7.65. The molecule has 17 heteroatoms. The molecule has 0 aromatic heterocycles. The van der Waals surface area contributed by atoms with E-state index in [2.05, 4.69) is 49.7 Å². The van der Waals surface area contributed by atoms with Gasteiger partial charge in [0, 0.05) is 47.8 Å². The number of hydrogen-bond acceptors (Lipinski definition) is 13. The molecule has 4 rings (SSSR count). The molecular formula is C53H76N4O12S. The van der Waals surface area contributed by atoms with Crippen molar-refractivity contribution in [2.75, 3.05) is 88.9 Å². The van der Waals surface area contributed by atoms with Gasteiger partial charge >= 0.3 is 11.9 Å². The van der Waals surface area contributed by atoms with Gasteiger partial charge in [-0.05, 0) is 118 Å². The summed E-state index contributed by atoms with van der Waals surface area (Å²) in [6.45, 7) is 14.2. The van der Waals surface area contributed by atoms with Crippen LogP contribution in [0.15, 0.2) is 89.8 Å². The van der Waals surface area contributed by atoms with E-state index in [0.29, 0.717) is 60.7 Å². The first-order valence-corrected chi connectivity index (χ1v) is 24.6. The van der Waals surface area contributed by atoms with E-state index in [1.54, 1.807) is 126 Å². The first kappa shape index (κ1) is 61.9. The second-order valence-electron chi connectivity index (χ2n) is 16.5. The summed E-state index contributed by atoms with van der Waals surface area (Å²) in [7, 11) is 8.64. The maximum Gasteiger partial charge on any atom is 0.338 e. The lowest BCUT2D eigenvalue weighted by Gasteiger charge is -2.21. The van der Waals surface area contributed by atoms with Crippen molar-refractivity contribution in [2.24, 2.45) is 0 Å². The van der Waals surface area contributed by atoms with E-state index in [-0.39, 0.29) is 55.0 Å². The van der Waals surface area contributed by atoms with Gasteiger partial charge in [-0.25, -0.2) is 18.0 Å². The summed E-state index contributed by atoms with van der Waals surface area (Å²) in [5.41, 5.74) is 6.27. The third-order valence-corrected chi connectivity index (χ3v) is 12.1. The van der Waals surface area contributed by atoms with Gasteiger partial charge < -0.3 is 38.4 Å². The van der Waals surface area contributed by atoms with Gasteiger partial charge in [-0.3, -0.25) is 14.4 Å². The normalized spacial score (nSPS) is 10.6. The number of carbonyl (C=O) groups is 5. The van der Waals surface area contributed by atoms with E-state index >= 15 is 0 Å². The van der Waals surface area contributed by atoms with Crippen LogP contribution in [0.4, 0.5) is 0 Å². The summed E-state index contributed by atoms with van der Waals surface area (Å²) in [6, 6.07) is 25.3. The minimum Gasteiger partial charge on any atom is -0.497 e. The molecule has 0 atom stereocenters. The van der Waals surface area contributed by atoms with E-state index in [1.807, 2.05) is 12.1 Å². The molecule has 4 aromatic rings. The first-order chi connectivity index (χ1) is 33.2. The summed E-state index contributed by atoms with van der Waals surface area (Å²) in [5, 5.41) is 0. The van der Waals surface area contributed by atoms with Crippen molar-refractivity contribution in [3.63, 3.8) is 0 Å². The monoisotopic (exact) mass is 993 g/mol. The van der Waals surface area contributed by atoms with Gasteiger partial charge in [-0.15, -0.1) is 0 Å². The topological polar surface area (TPSA) is 179 Å². The van der Waals surface area contributed by atoms with Crippen LogP contribution in [0.3, 0.4) is 0 Å². The molecule has 0 bridgehead atoms. The number of aryl methyl sites for hydroxylation is 2. The number of carbonyl (C=O) groups excluding carboxylic acids is 5. The van der Waals surface area contributed by atoms with Gasteiger partial charge in [-0.1, -0.05) is 68.8 Å². The molecule has 0 spiro atoms. The van der Waals surface area contributed by atoms with Crippen LogP contribution in [0, 0.1) is 13.8 Å². The number of esters is 2. The van der Waals surface area contributed by atoms with Crippen molar-refractivity contribution in [3.8, 4) is 5.75 Å². The quantitative estimate of drug-likeness (QED) is 0.0336. The standard InChI is InChI=1S/C26H39N3O5S.C13H17NO3.C11H12O4.C3H8/c1-20-16-24(33-7)17-21(2)26(20)35(31,32)29(6)14-15-34-19-25(30)28(5)18-23-10-8-22(9-11-23)12-13-27(3)4;1-4-17-13(16)11-7-5-10(6-8-11)9-12(15)14(2)3;1-2-15-11(13)10-5-3-9(4-6-10)7-14-8-12;1-3-2/h8-11,16-17H,12-15,18-19H2,1-7H3;5-8H,4,9H2,1-3H3;3-6,8H,2,7H2,1H3;3H2,1-2H3. The molecule has 0 aliphatic rings. The average molecular weight is 993 g/mol. The van der Waals surface area contributed by atoms with Gasteiger partial charge in [0.2, 0.25) is 21.8 Å². The molecule has 16 nitrogen and oxygen atoms in total. The molecule has 70 heavy (non-hydrogen) atoms. The van der Waals surface area contributed by atoms with Crippen molar-refractivity contribution < 1.29 is 56.1 Å². The van der Waals surface area contributed by atoms with Crippen molar-refractivity contribution in [2.45, 2.75) is 78.9 Å². The van der Waals surface area contributed by atoms with E-state index in [4.69, 9.17) is 18.9 Å². The van der Waals surface area contributed by atoms with Crippen LogP contribution < -0.4 is 4.74 Å². The lowest BCUT2D eigenvalue weighted by atomic mass is 10.1. The largest absolute Gasteiger partial charge is 0.497 e. The van der Waals surface area contributed by atoms with E-state index in [9.17, 15) is 32.4 Å². The van der Waals surface area contributed by atoms with Crippen LogP contribution in [0.1, 0.15) is 88.2 Å². The lowest BCUT2D eigenvalue weighted by molar-refractivity contribution is -0.135. The fraction of sp³-hybridized carbons (Fsp3) is 0.453. The predicted molar refractivity (Wildman–Crippen MR) is 272 cm³/mol. The molecule has 386 valence electrons. The summed E-state index contributed by atoms with van der Waals surface area (Å²) in [4.78, 5) is 62.1. The third kappa shape index (κ3) is 23.0. The van der Waals surface area contributed by atoms with Gasteiger partial charge in [0.1, 0.15) is 19.0 Å². The maximum absolute atomic E-state index is 13.1. The summed E-state index contributed by atoms with van der Waals surface area (Å²) < 4.78 is 52.4. The average Bonchev–Trinajstić information content (AvgIpc) is 3.32. The Bertz CT molecular complexity index is 2280. The smallest absolute Gasteiger partial charge is 0.338 e. The Hall–Kier alpha value is -6.14. The summed E-state index contributed by atoms with van der Waals surface area (Å²) in [5.74, 6) is -0.186. The molecule has 0 radical (unpaired) electrons. The highest BCUT2D eigenvalue weighted by molar-refractivity contribution is 7.89. The number of amides is 2. The maximum atomic E-state index is 13.1. The molecule has 0 unspecified atom stereocenters.